The van der Waals surface area contributed by atoms with Crippen molar-refractivity contribution in [3.8, 4) is 0 Å². The third-order valence-electron chi connectivity index (χ3n) is 4.72. The quantitative estimate of drug-likeness (QED) is 0.409. The van der Waals surface area contributed by atoms with Gasteiger partial charge in [0.25, 0.3) is 0 Å². The average Bonchev–Trinajstić information content (AvgIpc) is 3.04. The van der Waals surface area contributed by atoms with Crippen LogP contribution in [0.5, 0.6) is 0 Å². The fourth-order valence-corrected chi connectivity index (χ4v) is 3.40. The van der Waals surface area contributed by atoms with Crippen molar-refractivity contribution in [3.05, 3.63) is 0 Å². The second kappa shape index (κ2) is 10.9. The number of hydrogen-bond donors (Lipinski definition) is 2. The van der Waals surface area contributed by atoms with Crippen LogP contribution in [0, 0.1) is 11.8 Å². The molecule has 3 atom stereocenters. The van der Waals surface area contributed by atoms with Crippen LogP contribution in [0.1, 0.15) is 52.4 Å². The fraction of sp³-hybridized carbons (Fsp3) is 0.944. The minimum absolute atomic E-state index is 0.579. The van der Waals surface area contributed by atoms with E-state index in [9.17, 15) is 0 Å². The van der Waals surface area contributed by atoms with Gasteiger partial charge in [-0.15, -0.1) is 0 Å². The Bertz CT molecular complexity index is 343. The Morgan fingerprint density at radius 2 is 2.22 bits per heavy atom. The van der Waals surface area contributed by atoms with Gasteiger partial charge in [-0.3, -0.25) is 4.99 Å². The van der Waals surface area contributed by atoms with Gasteiger partial charge in [-0.25, -0.2) is 0 Å². The summed E-state index contributed by atoms with van der Waals surface area (Å²) in [6.45, 7) is 9.59. The molecule has 1 heterocycles. The molecule has 5 heteroatoms. The van der Waals surface area contributed by atoms with E-state index in [2.05, 4.69) is 24.5 Å². The van der Waals surface area contributed by atoms with Crippen LogP contribution < -0.4 is 10.6 Å². The second-order valence-corrected chi connectivity index (χ2v) is 7.03. The molecule has 5 nitrogen and oxygen atoms in total. The topological polar surface area (TPSA) is 54.9 Å². The molecule has 2 fully saturated rings. The van der Waals surface area contributed by atoms with Crippen LogP contribution in [-0.2, 0) is 9.47 Å². The maximum atomic E-state index is 5.73. The summed E-state index contributed by atoms with van der Waals surface area (Å²) >= 11 is 0. The number of rotatable bonds is 8. The van der Waals surface area contributed by atoms with Crippen molar-refractivity contribution in [2.45, 2.75) is 58.4 Å². The number of nitrogens with one attached hydrogen (secondary N) is 2. The largest absolute Gasteiger partial charge is 0.381 e. The first-order chi connectivity index (χ1) is 11.3. The minimum Gasteiger partial charge on any atom is -0.381 e. The van der Waals surface area contributed by atoms with Gasteiger partial charge in [0.05, 0.1) is 13.2 Å². The molecular formula is C18H35N3O2. The van der Waals surface area contributed by atoms with Crippen molar-refractivity contribution in [2.24, 2.45) is 16.8 Å². The van der Waals surface area contributed by atoms with Crippen molar-refractivity contribution >= 4 is 5.96 Å². The fourth-order valence-electron chi connectivity index (χ4n) is 3.40. The van der Waals surface area contributed by atoms with Gasteiger partial charge >= 0.3 is 0 Å². The lowest BCUT2D eigenvalue weighted by Gasteiger charge is -2.28. The Balaban J connectivity index is 1.60. The Hall–Kier alpha value is -0.810. The van der Waals surface area contributed by atoms with Crippen molar-refractivity contribution in [3.63, 3.8) is 0 Å². The lowest BCUT2D eigenvalue weighted by molar-refractivity contribution is 0.0893. The molecule has 0 bridgehead atoms. The van der Waals surface area contributed by atoms with Crippen LogP contribution in [0.3, 0.4) is 0 Å². The molecule has 23 heavy (non-hydrogen) atoms. The minimum atomic E-state index is 0.579. The molecule has 0 aromatic carbocycles. The standard InChI is InChI=1S/C18H35N3O2/c1-3-19-18(21-17-7-4-6-15(2)12-17)20-9-5-10-22-13-16-8-11-23-14-16/h15-17H,3-14H2,1-2H3,(H2,19,20,21). The van der Waals surface area contributed by atoms with Crippen LogP contribution in [0.4, 0.5) is 0 Å². The van der Waals surface area contributed by atoms with Crippen LogP contribution in [0.25, 0.3) is 0 Å². The monoisotopic (exact) mass is 325 g/mol. The highest BCUT2D eigenvalue weighted by molar-refractivity contribution is 5.80. The summed E-state index contributed by atoms with van der Waals surface area (Å²) in [5.41, 5.74) is 0. The van der Waals surface area contributed by atoms with Gasteiger partial charge in [0.15, 0.2) is 5.96 Å². The smallest absolute Gasteiger partial charge is 0.191 e. The third-order valence-corrected chi connectivity index (χ3v) is 4.72. The van der Waals surface area contributed by atoms with E-state index < -0.39 is 0 Å². The van der Waals surface area contributed by atoms with Gasteiger partial charge in [0.2, 0.25) is 0 Å². The average molecular weight is 325 g/mol. The molecule has 0 radical (unpaired) electrons. The summed E-state index contributed by atoms with van der Waals surface area (Å²) in [4.78, 5) is 4.69. The van der Waals surface area contributed by atoms with Crippen LogP contribution in [0.15, 0.2) is 4.99 Å². The highest BCUT2D eigenvalue weighted by Crippen LogP contribution is 2.23. The van der Waals surface area contributed by atoms with Crippen molar-refractivity contribution in [2.75, 3.05) is 39.5 Å². The van der Waals surface area contributed by atoms with Crippen molar-refractivity contribution < 1.29 is 9.47 Å². The van der Waals surface area contributed by atoms with E-state index >= 15 is 0 Å². The number of ether oxygens (including phenoxy) is 2. The summed E-state index contributed by atoms with van der Waals surface area (Å²) in [6.07, 6.45) is 7.35. The van der Waals surface area contributed by atoms with Crippen molar-refractivity contribution in [1.82, 2.24) is 10.6 Å². The second-order valence-electron chi connectivity index (χ2n) is 7.03. The van der Waals surface area contributed by atoms with Gasteiger partial charge in [-0.1, -0.05) is 19.8 Å². The van der Waals surface area contributed by atoms with E-state index in [4.69, 9.17) is 14.5 Å². The molecule has 1 saturated carbocycles. The van der Waals surface area contributed by atoms with E-state index in [1.807, 2.05) is 0 Å². The molecule has 1 aliphatic heterocycles. The predicted molar refractivity (Wildman–Crippen MR) is 94.9 cm³/mol. The molecule has 0 aromatic heterocycles. The van der Waals surface area contributed by atoms with Crippen LogP contribution in [-0.4, -0.2) is 51.5 Å². The van der Waals surface area contributed by atoms with E-state index in [1.54, 1.807) is 0 Å². The Kier molecular flexibility index (Phi) is 8.76. The number of aliphatic imine (C=N–C) groups is 1. The first-order valence-corrected chi connectivity index (χ1v) is 9.48. The Labute approximate surface area is 141 Å². The molecular weight excluding hydrogens is 290 g/mol. The molecule has 1 aliphatic carbocycles. The lowest BCUT2D eigenvalue weighted by atomic mass is 9.87. The first-order valence-electron chi connectivity index (χ1n) is 9.48. The Morgan fingerprint density at radius 3 is 2.96 bits per heavy atom. The molecule has 2 aliphatic rings. The normalized spacial score (nSPS) is 28.8. The summed E-state index contributed by atoms with van der Waals surface area (Å²) in [6, 6.07) is 0.579. The molecule has 0 aromatic rings. The van der Waals surface area contributed by atoms with Gasteiger partial charge < -0.3 is 20.1 Å². The molecule has 1 saturated heterocycles. The number of guanidine groups is 1. The molecule has 0 spiro atoms. The third kappa shape index (κ3) is 7.53. The maximum absolute atomic E-state index is 5.73. The summed E-state index contributed by atoms with van der Waals surface area (Å²) in [5.74, 6) is 2.40. The van der Waals surface area contributed by atoms with E-state index in [1.165, 1.54) is 25.7 Å². The zero-order valence-electron chi connectivity index (χ0n) is 15.0. The highest BCUT2D eigenvalue weighted by atomic mass is 16.5. The molecule has 3 unspecified atom stereocenters. The lowest BCUT2D eigenvalue weighted by Crippen LogP contribution is -2.45. The maximum Gasteiger partial charge on any atom is 0.191 e. The van der Waals surface area contributed by atoms with Crippen molar-refractivity contribution in [1.29, 1.82) is 0 Å². The van der Waals surface area contributed by atoms with Gasteiger partial charge in [-0.2, -0.15) is 0 Å². The van der Waals surface area contributed by atoms with E-state index in [0.717, 1.165) is 64.2 Å². The van der Waals surface area contributed by atoms with Gasteiger partial charge in [0, 0.05) is 38.3 Å². The van der Waals surface area contributed by atoms with Gasteiger partial charge in [0.1, 0.15) is 0 Å². The van der Waals surface area contributed by atoms with E-state index in [0.29, 0.717) is 12.0 Å². The predicted octanol–water partition coefficient (Wildman–Crippen LogP) is 2.56. The first kappa shape index (κ1) is 18.5. The summed E-state index contributed by atoms with van der Waals surface area (Å²) in [5, 5.41) is 6.97. The molecule has 2 N–H and O–H groups in total. The zero-order chi connectivity index (χ0) is 16.3. The van der Waals surface area contributed by atoms with E-state index in [-0.39, 0.29) is 0 Å². The van der Waals surface area contributed by atoms with Crippen LogP contribution >= 0.6 is 0 Å². The number of nitrogens with zero attached hydrogens (tertiary/aromatic N) is 1. The number of hydrogen-bond acceptors (Lipinski definition) is 3. The molecule has 134 valence electrons. The SMILES string of the molecule is CCNC(=NCCCOCC1CCOC1)NC1CCCC(C)C1. The summed E-state index contributed by atoms with van der Waals surface area (Å²) < 4.78 is 11.1. The highest BCUT2D eigenvalue weighted by Gasteiger charge is 2.19. The van der Waals surface area contributed by atoms with Crippen LogP contribution in [0.2, 0.25) is 0 Å². The van der Waals surface area contributed by atoms with Gasteiger partial charge in [-0.05, 0) is 38.5 Å². The Morgan fingerprint density at radius 1 is 1.30 bits per heavy atom. The zero-order valence-corrected chi connectivity index (χ0v) is 15.0. The molecule has 0 amide bonds. The summed E-state index contributed by atoms with van der Waals surface area (Å²) in [7, 11) is 0. The molecule has 2 rings (SSSR count).